The Kier molecular flexibility index (Phi) is 11.3. The quantitative estimate of drug-likeness (QED) is 0.349. The largest absolute Gasteiger partial charge is 0.481 e. The van der Waals surface area contributed by atoms with Crippen LogP contribution in [0.25, 0.3) is 0 Å². The van der Waals surface area contributed by atoms with Gasteiger partial charge in [-0.05, 0) is 24.8 Å². The van der Waals surface area contributed by atoms with Gasteiger partial charge in [0.15, 0.2) is 5.96 Å². The number of aliphatic imine (C=N–C) groups is 1. The van der Waals surface area contributed by atoms with E-state index in [2.05, 4.69) is 18.8 Å². The van der Waals surface area contributed by atoms with E-state index in [1.54, 1.807) is 14.1 Å². The summed E-state index contributed by atoms with van der Waals surface area (Å²) in [6.07, 6.45) is 1.11. The molecule has 0 saturated heterocycles. The number of hydrogen-bond acceptors (Lipinski definition) is 3. The van der Waals surface area contributed by atoms with E-state index in [-0.39, 0.29) is 24.3 Å². The molecule has 0 aliphatic heterocycles. The zero-order valence-corrected chi connectivity index (χ0v) is 12.8. The summed E-state index contributed by atoms with van der Waals surface area (Å²) in [6.45, 7) is 4.62. The second kappa shape index (κ2) is 11.0. The lowest BCUT2D eigenvalue weighted by Crippen LogP contribution is -2.28. The maximum Gasteiger partial charge on any atom is 0.303 e. The highest BCUT2D eigenvalue weighted by atomic mass is 16.4. The first kappa shape index (κ1) is 20.5. The molecule has 118 valence electrons. The Hall–Kier alpha value is -1.83. The molecule has 0 rings (SSSR count). The van der Waals surface area contributed by atoms with Crippen LogP contribution >= 0.6 is 0 Å². The molecule has 0 fully saturated rings. The highest BCUT2D eigenvalue weighted by Gasteiger charge is 2.12. The van der Waals surface area contributed by atoms with E-state index < -0.39 is 5.97 Å². The molecule has 8 N–H and O–H groups in total. The van der Waals surface area contributed by atoms with Crippen molar-refractivity contribution in [2.45, 2.75) is 26.7 Å². The molecule has 0 aromatic heterocycles. The van der Waals surface area contributed by atoms with Crippen molar-refractivity contribution < 1.29 is 9.90 Å². The summed E-state index contributed by atoms with van der Waals surface area (Å²) < 4.78 is 0. The second-order valence-corrected chi connectivity index (χ2v) is 5.08. The number of carbonyl (C=O) groups is 1. The number of nitrogens with one attached hydrogen (secondary N) is 1. The minimum Gasteiger partial charge on any atom is -0.481 e. The van der Waals surface area contributed by atoms with Crippen LogP contribution in [0.1, 0.15) is 26.7 Å². The van der Waals surface area contributed by atoms with Crippen molar-refractivity contribution in [1.82, 2.24) is 4.90 Å². The molecule has 0 aromatic carbocycles. The SMILES string of the molecule is CC(C)C[C@H](CN)CC(=O)O.CN(C)C(=N)N=C(N)N. The van der Waals surface area contributed by atoms with Crippen LogP contribution in [0.2, 0.25) is 0 Å². The molecular formula is C12H28N6O2. The van der Waals surface area contributed by atoms with Crippen LogP contribution in [0.5, 0.6) is 0 Å². The van der Waals surface area contributed by atoms with Gasteiger partial charge in [0, 0.05) is 20.5 Å². The highest BCUT2D eigenvalue weighted by molar-refractivity contribution is 5.91. The molecular weight excluding hydrogens is 260 g/mol. The lowest BCUT2D eigenvalue weighted by molar-refractivity contribution is -0.138. The third-order valence-electron chi connectivity index (χ3n) is 2.26. The van der Waals surface area contributed by atoms with E-state index >= 15 is 0 Å². The first-order valence-electron chi connectivity index (χ1n) is 6.37. The van der Waals surface area contributed by atoms with Crippen LogP contribution in [-0.2, 0) is 4.79 Å². The number of hydrogen-bond donors (Lipinski definition) is 5. The zero-order valence-electron chi connectivity index (χ0n) is 12.8. The van der Waals surface area contributed by atoms with Crippen molar-refractivity contribution in [1.29, 1.82) is 5.41 Å². The molecule has 0 aliphatic carbocycles. The number of nitrogens with zero attached hydrogens (tertiary/aromatic N) is 2. The first-order valence-corrected chi connectivity index (χ1v) is 6.37. The smallest absolute Gasteiger partial charge is 0.303 e. The van der Waals surface area contributed by atoms with Gasteiger partial charge in [0.1, 0.15) is 0 Å². The van der Waals surface area contributed by atoms with Gasteiger partial charge in [0.05, 0.1) is 0 Å². The third-order valence-corrected chi connectivity index (χ3v) is 2.26. The predicted octanol–water partition coefficient (Wildman–Crippen LogP) is -0.162. The highest BCUT2D eigenvalue weighted by Crippen LogP contribution is 2.13. The van der Waals surface area contributed by atoms with Crippen LogP contribution in [0.3, 0.4) is 0 Å². The molecule has 8 heteroatoms. The molecule has 0 heterocycles. The Bertz CT molecular complexity index is 324. The topological polar surface area (TPSA) is 155 Å². The van der Waals surface area contributed by atoms with Crippen LogP contribution in [0, 0.1) is 17.2 Å². The first-order chi connectivity index (χ1) is 9.09. The molecule has 0 amide bonds. The minimum absolute atomic E-state index is 0.0509. The summed E-state index contributed by atoms with van der Waals surface area (Å²) in [7, 11) is 3.38. The normalized spacial score (nSPS) is 11.1. The van der Waals surface area contributed by atoms with Crippen molar-refractivity contribution in [2.24, 2.45) is 34.0 Å². The fourth-order valence-corrected chi connectivity index (χ4v) is 1.40. The molecule has 20 heavy (non-hydrogen) atoms. The van der Waals surface area contributed by atoms with E-state index in [9.17, 15) is 4.79 Å². The Labute approximate surface area is 120 Å². The van der Waals surface area contributed by atoms with E-state index in [0.29, 0.717) is 12.5 Å². The van der Waals surface area contributed by atoms with Crippen LogP contribution in [0.4, 0.5) is 0 Å². The minimum atomic E-state index is -0.749. The monoisotopic (exact) mass is 288 g/mol. The van der Waals surface area contributed by atoms with Gasteiger partial charge in [-0.25, -0.2) is 0 Å². The van der Waals surface area contributed by atoms with Crippen LogP contribution in [-0.4, -0.2) is 48.5 Å². The average molecular weight is 288 g/mol. The number of carboxylic acid groups (broad SMARTS) is 1. The van der Waals surface area contributed by atoms with E-state index in [0.717, 1.165) is 6.42 Å². The Morgan fingerprint density at radius 2 is 1.85 bits per heavy atom. The zero-order chi connectivity index (χ0) is 16.3. The van der Waals surface area contributed by atoms with Crippen molar-refractivity contribution in [3.8, 4) is 0 Å². The van der Waals surface area contributed by atoms with Gasteiger partial charge in [-0.1, -0.05) is 13.8 Å². The van der Waals surface area contributed by atoms with E-state index in [4.69, 9.17) is 27.7 Å². The molecule has 0 unspecified atom stereocenters. The molecule has 8 nitrogen and oxygen atoms in total. The Morgan fingerprint density at radius 3 is 2.05 bits per heavy atom. The Morgan fingerprint density at radius 1 is 1.35 bits per heavy atom. The summed E-state index contributed by atoms with van der Waals surface area (Å²) in [5.74, 6) is -0.111. The number of carboxylic acids is 1. The third kappa shape index (κ3) is 14.2. The van der Waals surface area contributed by atoms with E-state index in [1.165, 1.54) is 4.90 Å². The standard InChI is InChI=1S/C8H17NO2.C4H11N5/c1-6(2)3-7(5-9)4-8(10)11;1-9(2)4(7)8-3(5)6/h6-7H,3-5,9H2,1-2H3,(H,10,11);1-2H3,(H5,5,6,7,8)/t7-;/m0./s1. The molecule has 0 aliphatic rings. The maximum absolute atomic E-state index is 10.3. The summed E-state index contributed by atoms with van der Waals surface area (Å²) in [4.78, 5) is 15.3. The maximum atomic E-state index is 10.3. The number of aliphatic carboxylic acids is 1. The van der Waals surface area contributed by atoms with Gasteiger partial charge in [-0.15, -0.1) is 0 Å². The fourth-order valence-electron chi connectivity index (χ4n) is 1.40. The molecule has 0 saturated carbocycles. The fraction of sp³-hybridized carbons (Fsp3) is 0.750. The summed E-state index contributed by atoms with van der Waals surface area (Å²) in [5, 5.41) is 15.5. The average Bonchev–Trinajstić information content (AvgIpc) is 2.26. The second-order valence-electron chi connectivity index (χ2n) is 5.08. The number of guanidine groups is 2. The molecule has 0 spiro atoms. The number of nitrogens with two attached hydrogens (primary N) is 3. The van der Waals surface area contributed by atoms with Gasteiger partial charge in [0.2, 0.25) is 5.96 Å². The molecule has 1 atom stereocenters. The van der Waals surface area contributed by atoms with E-state index in [1.807, 2.05) is 0 Å². The molecule has 0 aromatic rings. The van der Waals surface area contributed by atoms with Crippen molar-refractivity contribution in [2.75, 3.05) is 20.6 Å². The number of rotatable bonds is 5. The molecule has 0 radical (unpaired) electrons. The van der Waals surface area contributed by atoms with Gasteiger partial charge in [0.25, 0.3) is 0 Å². The Balaban J connectivity index is 0. The van der Waals surface area contributed by atoms with Crippen molar-refractivity contribution >= 4 is 17.9 Å². The van der Waals surface area contributed by atoms with Gasteiger partial charge < -0.3 is 27.2 Å². The van der Waals surface area contributed by atoms with Gasteiger partial charge in [-0.3, -0.25) is 10.2 Å². The van der Waals surface area contributed by atoms with Gasteiger partial charge >= 0.3 is 5.97 Å². The van der Waals surface area contributed by atoms with Crippen LogP contribution in [0.15, 0.2) is 4.99 Å². The van der Waals surface area contributed by atoms with Gasteiger partial charge in [-0.2, -0.15) is 4.99 Å². The lowest BCUT2D eigenvalue weighted by Gasteiger charge is -2.13. The lowest BCUT2D eigenvalue weighted by atomic mass is 9.94. The van der Waals surface area contributed by atoms with Crippen LogP contribution < -0.4 is 17.2 Å². The van der Waals surface area contributed by atoms with Crippen molar-refractivity contribution in [3.63, 3.8) is 0 Å². The summed E-state index contributed by atoms with van der Waals surface area (Å²) in [6, 6.07) is 0. The van der Waals surface area contributed by atoms with Crippen molar-refractivity contribution in [3.05, 3.63) is 0 Å². The summed E-state index contributed by atoms with van der Waals surface area (Å²) in [5.41, 5.74) is 15.4. The molecule has 0 bridgehead atoms. The summed E-state index contributed by atoms with van der Waals surface area (Å²) >= 11 is 0. The predicted molar refractivity (Wildman–Crippen MR) is 81.5 cm³/mol.